The van der Waals surface area contributed by atoms with Crippen molar-refractivity contribution in [2.45, 2.75) is 6.23 Å². The monoisotopic (exact) mass is 164 g/mol. The van der Waals surface area contributed by atoms with Gasteiger partial charge in [0.2, 0.25) is 5.91 Å². The highest BCUT2D eigenvalue weighted by Gasteiger charge is 2.22. The summed E-state index contributed by atoms with van der Waals surface area (Å²) in [6.07, 6.45) is 3.04. The fourth-order valence-electron chi connectivity index (χ4n) is 1.10. The average Bonchev–Trinajstić information content (AvgIpc) is 2.54. The lowest BCUT2D eigenvalue weighted by Crippen LogP contribution is -2.19. The quantitative estimate of drug-likeness (QED) is 0.646. The predicted octanol–water partition coefficient (Wildman–Crippen LogP) is 0.227. The third-order valence-electron chi connectivity index (χ3n) is 1.66. The molecule has 2 heterocycles. The van der Waals surface area contributed by atoms with E-state index in [1.54, 1.807) is 12.4 Å². The maximum atomic E-state index is 10.8. The standard InChI is InChI=1S/C8H8N2O2/c11-7-5-12-8(10-7)6-2-1-3-9-4-6/h1-4,8H,5H2,(H,10,11). The van der Waals surface area contributed by atoms with Gasteiger partial charge in [0, 0.05) is 18.0 Å². The minimum absolute atomic E-state index is 0.0798. The van der Waals surface area contributed by atoms with Gasteiger partial charge in [0.05, 0.1) is 0 Å². The summed E-state index contributed by atoms with van der Waals surface area (Å²) >= 11 is 0. The Morgan fingerprint density at radius 1 is 1.67 bits per heavy atom. The normalized spacial score (nSPS) is 22.3. The van der Waals surface area contributed by atoms with E-state index in [9.17, 15) is 4.79 Å². The van der Waals surface area contributed by atoms with Gasteiger partial charge in [-0.05, 0) is 6.07 Å². The number of carbonyl (C=O) groups is 1. The Hall–Kier alpha value is -1.42. The summed E-state index contributed by atoms with van der Waals surface area (Å²) in [4.78, 5) is 14.7. The van der Waals surface area contributed by atoms with Gasteiger partial charge in [-0.3, -0.25) is 9.78 Å². The van der Waals surface area contributed by atoms with Crippen molar-refractivity contribution >= 4 is 5.91 Å². The Labute approximate surface area is 69.6 Å². The maximum Gasteiger partial charge on any atom is 0.248 e. The van der Waals surface area contributed by atoms with Gasteiger partial charge in [-0.25, -0.2) is 0 Å². The molecule has 0 aliphatic carbocycles. The molecule has 0 saturated carbocycles. The van der Waals surface area contributed by atoms with Gasteiger partial charge >= 0.3 is 0 Å². The second kappa shape index (κ2) is 2.91. The van der Waals surface area contributed by atoms with Crippen LogP contribution in [0.5, 0.6) is 0 Å². The van der Waals surface area contributed by atoms with Crippen molar-refractivity contribution < 1.29 is 9.53 Å². The minimum atomic E-state index is -0.314. The Morgan fingerprint density at radius 3 is 3.17 bits per heavy atom. The molecule has 0 aromatic carbocycles. The van der Waals surface area contributed by atoms with Gasteiger partial charge in [-0.1, -0.05) is 6.07 Å². The van der Waals surface area contributed by atoms with Gasteiger partial charge in [0.1, 0.15) is 6.61 Å². The van der Waals surface area contributed by atoms with Crippen LogP contribution in [-0.4, -0.2) is 17.5 Å². The SMILES string of the molecule is O=C1COC(c2cccnc2)N1. The molecule has 12 heavy (non-hydrogen) atoms. The Kier molecular flexibility index (Phi) is 1.75. The molecular weight excluding hydrogens is 156 g/mol. The first-order chi connectivity index (χ1) is 5.86. The van der Waals surface area contributed by atoms with Gasteiger partial charge in [0.25, 0.3) is 0 Å². The Morgan fingerprint density at radius 2 is 2.58 bits per heavy atom. The molecule has 1 N–H and O–H groups in total. The number of hydrogen-bond acceptors (Lipinski definition) is 3. The summed E-state index contributed by atoms with van der Waals surface area (Å²) in [5.41, 5.74) is 0.878. The molecule has 1 aliphatic heterocycles. The molecule has 0 spiro atoms. The van der Waals surface area contributed by atoms with Crippen molar-refractivity contribution in [1.29, 1.82) is 0 Å². The van der Waals surface area contributed by atoms with Crippen molar-refractivity contribution in [1.82, 2.24) is 10.3 Å². The first kappa shape index (κ1) is 7.24. The number of ether oxygens (including phenoxy) is 1. The number of nitrogens with one attached hydrogen (secondary N) is 1. The zero-order valence-corrected chi connectivity index (χ0v) is 6.36. The zero-order chi connectivity index (χ0) is 8.39. The van der Waals surface area contributed by atoms with Crippen LogP contribution in [0.2, 0.25) is 0 Å². The van der Waals surface area contributed by atoms with Crippen LogP contribution in [-0.2, 0) is 9.53 Å². The average molecular weight is 164 g/mol. The number of rotatable bonds is 1. The van der Waals surface area contributed by atoms with Crippen LogP contribution in [0.3, 0.4) is 0 Å². The second-order valence-corrected chi connectivity index (χ2v) is 2.54. The number of hydrogen-bond donors (Lipinski definition) is 1. The number of amides is 1. The van der Waals surface area contributed by atoms with E-state index >= 15 is 0 Å². The van der Waals surface area contributed by atoms with E-state index in [4.69, 9.17) is 4.74 Å². The number of nitrogens with zero attached hydrogens (tertiary/aromatic N) is 1. The van der Waals surface area contributed by atoms with Gasteiger partial charge in [0.15, 0.2) is 6.23 Å². The van der Waals surface area contributed by atoms with Crippen LogP contribution < -0.4 is 5.32 Å². The first-order valence-corrected chi connectivity index (χ1v) is 3.67. The first-order valence-electron chi connectivity index (χ1n) is 3.67. The van der Waals surface area contributed by atoms with E-state index in [2.05, 4.69) is 10.3 Å². The van der Waals surface area contributed by atoms with Crippen LogP contribution in [0, 0.1) is 0 Å². The van der Waals surface area contributed by atoms with E-state index < -0.39 is 0 Å². The molecule has 0 radical (unpaired) electrons. The molecule has 1 atom stereocenters. The molecule has 0 bridgehead atoms. The summed E-state index contributed by atoms with van der Waals surface area (Å²) in [7, 11) is 0. The molecule has 1 fully saturated rings. The van der Waals surface area contributed by atoms with Crippen LogP contribution in [0.4, 0.5) is 0 Å². The highest BCUT2D eigenvalue weighted by Crippen LogP contribution is 2.16. The van der Waals surface area contributed by atoms with Gasteiger partial charge < -0.3 is 10.1 Å². The van der Waals surface area contributed by atoms with Gasteiger partial charge in [-0.2, -0.15) is 0 Å². The third kappa shape index (κ3) is 1.29. The topological polar surface area (TPSA) is 51.2 Å². The zero-order valence-electron chi connectivity index (χ0n) is 6.36. The lowest BCUT2D eigenvalue weighted by Gasteiger charge is -2.07. The molecule has 1 saturated heterocycles. The highest BCUT2D eigenvalue weighted by molar-refractivity contribution is 5.79. The third-order valence-corrected chi connectivity index (χ3v) is 1.66. The summed E-state index contributed by atoms with van der Waals surface area (Å²) in [6, 6.07) is 3.67. The summed E-state index contributed by atoms with van der Waals surface area (Å²) < 4.78 is 5.15. The summed E-state index contributed by atoms with van der Waals surface area (Å²) in [5.74, 6) is -0.0798. The van der Waals surface area contributed by atoms with Crippen LogP contribution in [0.25, 0.3) is 0 Å². The van der Waals surface area contributed by atoms with Crippen molar-refractivity contribution in [3.63, 3.8) is 0 Å². The molecular formula is C8H8N2O2. The van der Waals surface area contributed by atoms with Crippen molar-refractivity contribution in [2.75, 3.05) is 6.61 Å². The largest absolute Gasteiger partial charge is 0.344 e. The fourth-order valence-corrected chi connectivity index (χ4v) is 1.10. The molecule has 62 valence electrons. The summed E-state index contributed by atoms with van der Waals surface area (Å²) in [5, 5.41) is 2.67. The Balaban J connectivity index is 2.16. The molecule has 1 aromatic rings. The van der Waals surface area contributed by atoms with Gasteiger partial charge in [-0.15, -0.1) is 0 Å². The van der Waals surface area contributed by atoms with E-state index in [0.29, 0.717) is 0 Å². The molecule has 1 aliphatic rings. The lowest BCUT2D eigenvalue weighted by atomic mass is 10.2. The Bertz CT molecular complexity index is 286. The number of aromatic nitrogens is 1. The predicted molar refractivity (Wildman–Crippen MR) is 41.1 cm³/mol. The smallest absolute Gasteiger partial charge is 0.248 e. The minimum Gasteiger partial charge on any atom is -0.344 e. The maximum absolute atomic E-state index is 10.8. The highest BCUT2D eigenvalue weighted by atomic mass is 16.5. The van der Waals surface area contributed by atoms with Crippen LogP contribution in [0.1, 0.15) is 11.8 Å². The number of carbonyl (C=O) groups excluding carboxylic acids is 1. The summed E-state index contributed by atoms with van der Waals surface area (Å²) in [6.45, 7) is 0.138. The lowest BCUT2D eigenvalue weighted by molar-refractivity contribution is -0.119. The molecule has 4 heteroatoms. The molecule has 1 unspecified atom stereocenters. The van der Waals surface area contributed by atoms with Crippen molar-refractivity contribution in [3.8, 4) is 0 Å². The van der Waals surface area contributed by atoms with Crippen molar-refractivity contribution in [3.05, 3.63) is 30.1 Å². The van der Waals surface area contributed by atoms with Crippen LogP contribution >= 0.6 is 0 Å². The van der Waals surface area contributed by atoms with E-state index in [1.807, 2.05) is 12.1 Å². The molecule has 1 amide bonds. The van der Waals surface area contributed by atoms with E-state index in [0.717, 1.165) is 5.56 Å². The fraction of sp³-hybridized carbons (Fsp3) is 0.250. The molecule has 2 rings (SSSR count). The van der Waals surface area contributed by atoms with E-state index in [1.165, 1.54) is 0 Å². The number of pyridine rings is 1. The second-order valence-electron chi connectivity index (χ2n) is 2.54. The molecule has 4 nitrogen and oxygen atoms in total. The van der Waals surface area contributed by atoms with Crippen molar-refractivity contribution in [2.24, 2.45) is 0 Å². The van der Waals surface area contributed by atoms with E-state index in [-0.39, 0.29) is 18.7 Å². The molecule has 1 aromatic heterocycles. The van der Waals surface area contributed by atoms with Crippen LogP contribution in [0.15, 0.2) is 24.5 Å².